The summed E-state index contributed by atoms with van der Waals surface area (Å²) >= 11 is 0. The van der Waals surface area contributed by atoms with Crippen molar-refractivity contribution >= 4 is 5.97 Å². The van der Waals surface area contributed by atoms with E-state index < -0.39 is 18.2 Å². The average Bonchev–Trinajstić information content (AvgIpc) is 2.43. The second-order valence-corrected chi connectivity index (χ2v) is 3.68. The quantitative estimate of drug-likeness (QED) is 0.402. The third kappa shape index (κ3) is 3.59. The van der Waals surface area contributed by atoms with Crippen molar-refractivity contribution in [1.82, 2.24) is 0 Å². The summed E-state index contributed by atoms with van der Waals surface area (Å²) in [6, 6.07) is 4.04. The predicted molar refractivity (Wildman–Crippen MR) is 64.9 cm³/mol. The van der Waals surface area contributed by atoms with Gasteiger partial charge in [-0.2, -0.15) is 0 Å². The highest BCUT2D eigenvalue weighted by molar-refractivity contribution is 5.90. The Hall–Kier alpha value is -2.28. The van der Waals surface area contributed by atoms with E-state index in [-0.39, 0.29) is 17.7 Å². The van der Waals surface area contributed by atoms with Gasteiger partial charge in [0.15, 0.2) is 0 Å². The maximum Gasteiger partial charge on any atom is 0.336 e. The molecular formula is C11H13N3O5. The molecular weight excluding hydrogens is 254 g/mol. The number of carboxylic acid groups (broad SMARTS) is 1. The first-order valence-corrected chi connectivity index (χ1v) is 5.29. The summed E-state index contributed by atoms with van der Waals surface area (Å²) in [7, 11) is 1.38. The molecule has 0 aromatic heterocycles. The van der Waals surface area contributed by atoms with Gasteiger partial charge in [0.2, 0.25) is 0 Å². The Labute approximate surface area is 108 Å². The van der Waals surface area contributed by atoms with Crippen molar-refractivity contribution in [1.29, 1.82) is 0 Å². The molecule has 0 aliphatic rings. The maximum atomic E-state index is 11.1. The number of rotatable bonds is 6. The normalized spacial score (nSPS) is 13.2. The van der Waals surface area contributed by atoms with E-state index in [9.17, 15) is 15.0 Å². The van der Waals surface area contributed by atoms with E-state index in [1.165, 1.54) is 25.3 Å². The molecule has 8 nitrogen and oxygen atoms in total. The Bertz CT molecular complexity index is 513. The van der Waals surface area contributed by atoms with Gasteiger partial charge in [-0.1, -0.05) is 11.2 Å². The number of azide groups is 1. The molecule has 3 N–H and O–H groups in total. The Morgan fingerprint density at radius 3 is 2.74 bits per heavy atom. The first-order valence-electron chi connectivity index (χ1n) is 5.29. The molecule has 0 saturated heterocycles. The van der Waals surface area contributed by atoms with Crippen LogP contribution in [-0.2, 0) is 0 Å². The van der Waals surface area contributed by atoms with Gasteiger partial charge >= 0.3 is 5.97 Å². The summed E-state index contributed by atoms with van der Waals surface area (Å²) in [4.78, 5) is 13.6. The number of aliphatic hydroxyl groups is 2. The predicted octanol–water partition coefficient (Wildman–Crippen LogP) is 1.10. The fraction of sp³-hybridized carbons (Fsp3) is 0.364. The second-order valence-electron chi connectivity index (χ2n) is 3.68. The molecule has 0 aliphatic heterocycles. The molecule has 0 aliphatic carbocycles. The van der Waals surface area contributed by atoms with E-state index >= 15 is 0 Å². The summed E-state index contributed by atoms with van der Waals surface area (Å²) in [5, 5.41) is 31.7. The van der Waals surface area contributed by atoms with Crippen molar-refractivity contribution in [3.63, 3.8) is 0 Å². The lowest BCUT2D eigenvalue weighted by Crippen LogP contribution is -2.23. The van der Waals surface area contributed by atoms with Crippen LogP contribution in [0, 0.1) is 0 Å². The molecule has 1 aromatic carbocycles. The Balaban J connectivity index is 3.11. The zero-order valence-corrected chi connectivity index (χ0v) is 10.1. The van der Waals surface area contributed by atoms with Crippen LogP contribution >= 0.6 is 0 Å². The van der Waals surface area contributed by atoms with Crippen molar-refractivity contribution in [2.75, 3.05) is 13.7 Å². The largest absolute Gasteiger partial charge is 0.497 e. The molecule has 8 heteroatoms. The number of nitrogens with zero attached hydrogens (tertiary/aromatic N) is 3. The van der Waals surface area contributed by atoms with Gasteiger partial charge < -0.3 is 20.1 Å². The number of hydrogen-bond acceptors (Lipinski definition) is 5. The van der Waals surface area contributed by atoms with Gasteiger partial charge in [0, 0.05) is 4.91 Å². The van der Waals surface area contributed by atoms with Crippen LogP contribution in [-0.4, -0.2) is 41.0 Å². The van der Waals surface area contributed by atoms with Crippen LogP contribution < -0.4 is 4.74 Å². The summed E-state index contributed by atoms with van der Waals surface area (Å²) < 4.78 is 4.89. The third-order valence-electron chi connectivity index (χ3n) is 2.51. The number of carboxylic acids is 1. The van der Waals surface area contributed by atoms with Crippen molar-refractivity contribution in [3.8, 4) is 5.75 Å². The van der Waals surface area contributed by atoms with Crippen LogP contribution in [0.1, 0.15) is 22.0 Å². The Kier molecular flexibility index (Phi) is 5.13. The zero-order chi connectivity index (χ0) is 14.4. The highest BCUT2D eigenvalue weighted by Gasteiger charge is 2.23. The number of ether oxygens (including phenoxy) is 1. The van der Waals surface area contributed by atoms with Crippen molar-refractivity contribution in [2.24, 2.45) is 5.11 Å². The Morgan fingerprint density at radius 1 is 1.53 bits per heavy atom. The number of methoxy groups -OCH3 is 1. The van der Waals surface area contributed by atoms with E-state index in [1.807, 2.05) is 0 Å². The average molecular weight is 267 g/mol. The van der Waals surface area contributed by atoms with Crippen molar-refractivity contribution < 1.29 is 24.9 Å². The lowest BCUT2D eigenvalue weighted by molar-refractivity contribution is 0.0232. The SMILES string of the molecule is COc1ccc(C(O)C(O)CN=[N+]=[N-])c(C(=O)O)c1. The molecule has 102 valence electrons. The number of aliphatic hydroxyl groups excluding tert-OH is 2. The van der Waals surface area contributed by atoms with Gasteiger partial charge in [-0.25, -0.2) is 4.79 Å². The summed E-state index contributed by atoms with van der Waals surface area (Å²) in [5.74, 6) is -0.943. The summed E-state index contributed by atoms with van der Waals surface area (Å²) in [6.45, 7) is -0.358. The molecule has 0 bridgehead atoms. The molecule has 0 radical (unpaired) electrons. The van der Waals surface area contributed by atoms with Crippen molar-refractivity contribution in [3.05, 3.63) is 39.8 Å². The second kappa shape index (κ2) is 6.60. The van der Waals surface area contributed by atoms with E-state index in [4.69, 9.17) is 15.4 Å². The highest BCUT2D eigenvalue weighted by Crippen LogP contribution is 2.25. The fourth-order valence-corrected chi connectivity index (χ4v) is 1.53. The number of carbonyl (C=O) groups is 1. The number of benzene rings is 1. The molecule has 0 spiro atoms. The zero-order valence-electron chi connectivity index (χ0n) is 10.1. The molecule has 0 saturated carbocycles. The summed E-state index contributed by atoms with van der Waals surface area (Å²) in [6.07, 6.45) is -2.86. The van der Waals surface area contributed by atoms with Gasteiger partial charge in [0.05, 0.1) is 25.3 Å². The van der Waals surface area contributed by atoms with Gasteiger partial charge in [-0.3, -0.25) is 0 Å². The first-order chi connectivity index (χ1) is 9.01. The molecule has 0 amide bonds. The van der Waals surface area contributed by atoms with Crippen LogP contribution in [0.2, 0.25) is 0 Å². The topological polar surface area (TPSA) is 136 Å². The van der Waals surface area contributed by atoms with Crippen LogP contribution in [0.15, 0.2) is 23.3 Å². The molecule has 2 atom stereocenters. The van der Waals surface area contributed by atoms with Crippen molar-refractivity contribution in [2.45, 2.75) is 12.2 Å². The van der Waals surface area contributed by atoms with E-state index in [0.29, 0.717) is 5.75 Å². The highest BCUT2D eigenvalue weighted by atomic mass is 16.5. The molecule has 0 fully saturated rings. The standard InChI is InChI=1S/C11H13N3O5/c1-19-6-2-3-7(8(4-6)11(17)18)10(16)9(15)5-13-14-12/h2-4,9-10,15-16H,5H2,1H3,(H,17,18). The minimum Gasteiger partial charge on any atom is -0.497 e. The molecule has 19 heavy (non-hydrogen) atoms. The minimum atomic E-state index is -1.47. The van der Waals surface area contributed by atoms with Gasteiger partial charge in [-0.15, -0.1) is 0 Å². The lowest BCUT2D eigenvalue weighted by atomic mass is 9.98. The fourth-order valence-electron chi connectivity index (χ4n) is 1.53. The maximum absolute atomic E-state index is 11.1. The van der Waals surface area contributed by atoms with Gasteiger partial charge in [0.1, 0.15) is 11.9 Å². The monoisotopic (exact) mass is 267 g/mol. The van der Waals surface area contributed by atoms with E-state index in [0.717, 1.165) is 0 Å². The molecule has 0 heterocycles. The smallest absolute Gasteiger partial charge is 0.336 e. The van der Waals surface area contributed by atoms with Crippen LogP contribution in [0.5, 0.6) is 5.75 Å². The first kappa shape index (κ1) is 14.8. The molecule has 2 unspecified atom stereocenters. The van der Waals surface area contributed by atoms with Gasteiger partial charge in [0.25, 0.3) is 0 Å². The van der Waals surface area contributed by atoms with Gasteiger partial charge in [-0.05, 0) is 23.2 Å². The van der Waals surface area contributed by atoms with Crippen LogP contribution in [0.4, 0.5) is 0 Å². The number of hydrogen-bond donors (Lipinski definition) is 3. The minimum absolute atomic E-state index is 0.0222. The van der Waals surface area contributed by atoms with E-state index in [2.05, 4.69) is 10.0 Å². The third-order valence-corrected chi connectivity index (χ3v) is 2.51. The van der Waals surface area contributed by atoms with E-state index in [1.54, 1.807) is 0 Å². The molecule has 1 rings (SSSR count). The molecule has 1 aromatic rings. The van der Waals surface area contributed by atoms with Crippen LogP contribution in [0.3, 0.4) is 0 Å². The lowest BCUT2D eigenvalue weighted by Gasteiger charge is -2.18. The number of aromatic carboxylic acids is 1. The Morgan fingerprint density at radius 2 is 2.21 bits per heavy atom. The summed E-state index contributed by atoms with van der Waals surface area (Å²) in [5.41, 5.74) is 7.97. The van der Waals surface area contributed by atoms with Crippen LogP contribution in [0.25, 0.3) is 10.4 Å².